The van der Waals surface area contributed by atoms with Crippen LogP contribution in [0.4, 0.5) is 0 Å². The molecule has 0 atom stereocenters. The summed E-state index contributed by atoms with van der Waals surface area (Å²) >= 11 is 0. The van der Waals surface area contributed by atoms with Crippen molar-refractivity contribution >= 4 is 24.8 Å². The number of aryl methyl sites for hydroxylation is 1. The van der Waals surface area contributed by atoms with Gasteiger partial charge in [-0.25, -0.2) is 4.98 Å². The van der Waals surface area contributed by atoms with E-state index in [0.717, 1.165) is 44.0 Å². The molecule has 0 radical (unpaired) electrons. The van der Waals surface area contributed by atoms with Crippen molar-refractivity contribution in [2.24, 2.45) is 0 Å². The molecule has 0 aromatic carbocycles. The van der Waals surface area contributed by atoms with E-state index in [2.05, 4.69) is 27.0 Å². The first-order valence-electron chi connectivity index (χ1n) is 5.70. The quantitative estimate of drug-likeness (QED) is 0.794. The van der Waals surface area contributed by atoms with Gasteiger partial charge in [-0.05, 0) is 24.5 Å². The monoisotopic (exact) mass is 287 g/mol. The van der Waals surface area contributed by atoms with Gasteiger partial charge in [-0.15, -0.1) is 24.8 Å². The van der Waals surface area contributed by atoms with Gasteiger partial charge in [0.1, 0.15) is 5.69 Å². The molecule has 0 amide bonds. The fourth-order valence-corrected chi connectivity index (χ4v) is 1.72. The van der Waals surface area contributed by atoms with E-state index < -0.39 is 0 Å². The number of rotatable bonds is 1. The summed E-state index contributed by atoms with van der Waals surface area (Å²) in [6.45, 7) is 7.22. The molecule has 2 rings (SSSR count). The van der Waals surface area contributed by atoms with Crippen molar-refractivity contribution < 1.29 is 0 Å². The van der Waals surface area contributed by atoms with Gasteiger partial charge in [0.05, 0.1) is 6.54 Å². The highest BCUT2D eigenvalue weighted by molar-refractivity contribution is 5.85. The van der Waals surface area contributed by atoms with Crippen molar-refractivity contribution in [3.8, 4) is 11.8 Å². The zero-order chi connectivity index (χ0) is 11.2. The van der Waals surface area contributed by atoms with Crippen molar-refractivity contribution in [2.45, 2.75) is 6.92 Å². The zero-order valence-corrected chi connectivity index (χ0v) is 12.1. The number of nitrogens with zero attached hydrogens (tertiary/aromatic N) is 2. The Morgan fingerprint density at radius 2 is 2.06 bits per heavy atom. The van der Waals surface area contributed by atoms with Gasteiger partial charge in [-0.2, -0.15) is 0 Å². The van der Waals surface area contributed by atoms with E-state index in [9.17, 15) is 0 Å². The second kappa shape index (κ2) is 9.18. The topological polar surface area (TPSA) is 28.2 Å². The molecule has 3 nitrogen and oxygen atoms in total. The molecule has 1 aromatic rings. The lowest BCUT2D eigenvalue weighted by Gasteiger charge is -2.24. The summed E-state index contributed by atoms with van der Waals surface area (Å²) in [5.41, 5.74) is 2.05. The summed E-state index contributed by atoms with van der Waals surface area (Å²) in [5, 5.41) is 3.33. The van der Waals surface area contributed by atoms with Gasteiger partial charge < -0.3 is 5.32 Å². The minimum Gasteiger partial charge on any atom is -0.314 e. The molecule has 2 heterocycles. The second-order valence-electron chi connectivity index (χ2n) is 4.00. The predicted molar refractivity (Wildman–Crippen MR) is 79.7 cm³/mol. The number of hydrogen-bond acceptors (Lipinski definition) is 3. The standard InChI is InChI=1S/C13H17N3.2ClH/c1-12-4-2-6-15-13(12)5-3-9-16-10-7-14-8-11-16;;/h2,4,6,14H,7-11H2,1H3;2*1H. The Balaban J connectivity index is 0.00000144. The van der Waals surface area contributed by atoms with E-state index in [1.165, 1.54) is 0 Å². The SMILES string of the molecule is Cc1cccnc1C#CCN1CCNCC1.Cl.Cl. The Morgan fingerprint density at radius 1 is 1.33 bits per heavy atom. The van der Waals surface area contributed by atoms with Crippen molar-refractivity contribution in [1.29, 1.82) is 0 Å². The van der Waals surface area contributed by atoms with Crippen LogP contribution in [-0.2, 0) is 0 Å². The van der Waals surface area contributed by atoms with Crippen LogP contribution in [0.15, 0.2) is 18.3 Å². The van der Waals surface area contributed by atoms with Gasteiger partial charge in [0.25, 0.3) is 0 Å². The van der Waals surface area contributed by atoms with Gasteiger partial charge in [0.15, 0.2) is 0 Å². The molecule has 0 unspecified atom stereocenters. The summed E-state index contributed by atoms with van der Waals surface area (Å²) in [6.07, 6.45) is 1.79. The third-order valence-electron chi connectivity index (χ3n) is 2.73. The minimum atomic E-state index is 0. The Kier molecular flexibility index (Phi) is 8.78. The molecule has 1 fully saturated rings. The third kappa shape index (κ3) is 5.24. The van der Waals surface area contributed by atoms with Gasteiger partial charge in [-0.1, -0.05) is 12.0 Å². The molecule has 1 aliphatic rings. The lowest BCUT2D eigenvalue weighted by atomic mass is 10.2. The smallest absolute Gasteiger partial charge is 0.116 e. The Labute approximate surface area is 121 Å². The predicted octanol–water partition coefficient (Wildman–Crippen LogP) is 1.49. The summed E-state index contributed by atoms with van der Waals surface area (Å²) in [6, 6.07) is 3.98. The number of nitrogens with one attached hydrogen (secondary N) is 1. The Hall–Kier alpha value is -0.790. The van der Waals surface area contributed by atoms with E-state index in [1.807, 2.05) is 19.1 Å². The van der Waals surface area contributed by atoms with Crippen LogP contribution in [0.1, 0.15) is 11.3 Å². The van der Waals surface area contributed by atoms with E-state index in [1.54, 1.807) is 6.20 Å². The van der Waals surface area contributed by atoms with Crippen LogP contribution in [0.5, 0.6) is 0 Å². The maximum Gasteiger partial charge on any atom is 0.116 e. The largest absolute Gasteiger partial charge is 0.314 e. The van der Waals surface area contributed by atoms with Crippen molar-refractivity contribution in [2.75, 3.05) is 32.7 Å². The molecule has 0 aliphatic carbocycles. The van der Waals surface area contributed by atoms with Crippen molar-refractivity contribution in [1.82, 2.24) is 15.2 Å². The molecule has 1 N–H and O–H groups in total. The summed E-state index contributed by atoms with van der Waals surface area (Å²) < 4.78 is 0. The number of aromatic nitrogens is 1. The average molecular weight is 288 g/mol. The van der Waals surface area contributed by atoms with Gasteiger partial charge in [0.2, 0.25) is 0 Å². The molecule has 0 saturated carbocycles. The van der Waals surface area contributed by atoms with Gasteiger partial charge in [0, 0.05) is 32.4 Å². The lowest BCUT2D eigenvalue weighted by molar-refractivity contribution is 0.268. The van der Waals surface area contributed by atoms with Gasteiger partial charge >= 0.3 is 0 Å². The van der Waals surface area contributed by atoms with E-state index in [0.29, 0.717) is 0 Å². The first kappa shape index (κ1) is 17.2. The lowest BCUT2D eigenvalue weighted by Crippen LogP contribution is -2.43. The van der Waals surface area contributed by atoms with Gasteiger partial charge in [-0.3, -0.25) is 4.90 Å². The number of halogens is 2. The molecule has 0 spiro atoms. The van der Waals surface area contributed by atoms with Crippen LogP contribution in [0.25, 0.3) is 0 Å². The van der Waals surface area contributed by atoms with Crippen LogP contribution in [-0.4, -0.2) is 42.6 Å². The summed E-state index contributed by atoms with van der Waals surface area (Å²) in [7, 11) is 0. The highest BCUT2D eigenvalue weighted by Crippen LogP contribution is 2.00. The number of hydrogen-bond donors (Lipinski definition) is 1. The fraction of sp³-hybridized carbons (Fsp3) is 0.462. The number of pyridine rings is 1. The third-order valence-corrected chi connectivity index (χ3v) is 2.73. The second-order valence-corrected chi connectivity index (χ2v) is 4.00. The molecular weight excluding hydrogens is 269 g/mol. The number of piperazine rings is 1. The molecule has 100 valence electrons. The maximum atomic E-state index is 4.26. The van der Waals surface area contributed by atoms with E-state index in [-0.39, 0.29) is 24.8 Å². The molecule has 18 heavy (non-hydrogen) atoms. The molecule has 0 bridgehead atoms. The summed E-state index contributed by atoms with van der Waals surface area (Å²) in [4.78, 5) is 6.62. The Morgan fingerprint density at radius 3 is 2.72 bits per heavy atom. The first-order valence-corrected chi connectivity index (χ1v) is 5.70. The van der Waals surface area contributed by atoms with Crippen molar-refractivity contribution in [3.05, 3.63) is 29.6 Å². The average Bonchev–Trinajstić information content (AvgIpc) is 2.33. The molecule has 1 saturated heterocycles. The van der Waals surface area contributed by atoms with Crippen LogP contribution >= 0.6 is 24.8 Å². The fourth-order valence-electron chi connectivity index (χ4n) is 1.72. The molecule has 1 aliphatic heterocycles. The summed E-state index contributed by atoms with van der Waals surface area (Å²) in [5.74, 6) is 6.33. The zero-order valence-electron chi connectivity index (χ0n) is 10.5. The van der Waals surface area contributed by atoms with Crippen LogP contribution in [0, 0.1) is 18.8 Å². The maximum absolute atomic E-state index is 4.26. The van der Waals surface area contributed by atoms with E-state index >= 15 is 0 Å². The minimum absolute atomic E-state index is 0. The first-order chi connectivity index (χ1) is 7.86. The highest BCUT2D eigenvalue weighted by atomic mass is 35.5. The highest BCUT2D eigenvalue weighted by Gasteiger charge is 2.06. The van der Waals surface area contributed by atoms with Crippen LogP contribution < -0.4 is 5.32 Å². The molecule has 1 aromatic heterocycles. The van der Waals surface area contributed by atoms with Crippen molar-refractivity contribution in [3.63, 3.8) is 0 Å². The normalized spacial score (nSPS) is 14.7. The Bertz CT molecular complexity index is 406. The molecular formula is C13H19Cl2N3. The molecule has 5 heteroatoms. The van der Waals surface area contributed by atoms with Crippen LogP contribution in [0.2, 0.25) is 0 Å². The van der Waals surface area contributed by atoms with E-state index in [4.69, 9.17) is 0 Å². The van der Waals surface area contributed by atoms with Crippen LogP contribution in [0.3, 0.4) is 0 Å².